The second kappa shape index (κ2) is 5.40. The number of hydrogen-bond acceptors (Lipinski definition) is 2. The van der Waals surface area contributed by atoms with Gasteiger partial charge in [0.15, 0.2) is 0 Å². The van der Waals surface area contributed by atoms with Gasteiger partial charge in [0.2, 0.25) is 11.8 Å². The van der Waals surface area contributed by atoms with Crippen molar-refractivity contribution in [3.8, 4) is 0 Å². The summed E-state index contributed by atoms with van der Waals surface area (Å²) >= 11 is 5.43. The topological polar surface area (TPSA) is 49.4 Å². The van der Waals surface area contributed by atoms with Crippen molar-refractivity contribution in [2.24, 2.45) is 0 Å². The van der Waals surface area contributed by atoms with Crippen molar-refractivity contribution >= 4 is 29.1 Å². The van der Waals surface area contributed by atoms with Crippen molar-refractivity contribution in [3.63, 3.8) is 0 Å². The predicted molar refractivity (Wildman–Crippen MR) is 70.8 cm³/mol. The van der Waals surface area contributed by atoms with E-state index in [1.807, 2.05) is 31.2 Å². The Kier molecular flexibility index (Phi) is 3.87. The maximum Gasteiger partial charge on any atom is 0.235 e. The molecule has 1 fully saturated rings. The lowest BCUT2D eigenvalue weighted by Gasteiger charge is -2.17. The van der Waals surface area contributed by atoms with Gasteiger partial charge in [-0.05, 0) is 19.1 Å². The Labute approximate surface area is 111 Å². The lowest BCUT2D eigenvalue weighted by Crippen LogP contribution is -2.37. The zero-order chi connectivity index (χ0) is 13.1. The van der Waals surface area contributed by atoms with Crippen LogP contribution in [0.4, 0.5) is 5.69 Å². The Bertz CT molecular complexity index is 459. The number of alkyl halides is 1. The van der Waals surface area contributed by atoms with E-state index in [4.69, 9.17) is 11.6 Å². The molecule has 0 aromatic heterocycles. The SMILES string of the molecule is Cc1ccc(N2C[C@@H](NC(=O)CCl)CC2=O)cc1. The van der Waals surface area contributed by atoms with Gasteiger partial charge in [0.05, 0.1) is 6.04 Å². The summed E-state index contributed by atoms with van der Waals surface area (Å²) in [4.78, 5) is 24.8. The summed E-state index contributed by atoms with van der Waals surface area (Å²) in [6.07, 6.45) is 0.330. The first-order valence-electron chi connectivity index (χ1n) is 5.82. The molecular weight excluding hydrogens is 252 g/mol. The maximum atomic E-state index is 11.9. The fourth-order valence-electron chi connectivity index (χ4n) is 2.04. The molecule has 1 aliphatic rings. The lowest BCUT2D eigenvalue weighted by atomic mass is 10.2. The first kappa shape index (κ1) is 12.9. The summed E-state index contributed by atoms with van der Waals surface area (Å²) in [5.41, 5.74) is 2.02. The number of halogens is 1. The molecule has 5 heteroatoms. The number of rotatable bonds is 3. The van der Waals surface area contributed by atoms with Gasteiger partial charge in [-0.3, -0.25) is 9.59 Å². The minimum absolute atomic E-state index is 0.0266. The van der Waals surface area contributed by atoms with Crippen LogP contribution in [0.5, 0.6) is 0 Å². The van der Waals surface area contributed by atoms with Crippen LogP contribution in [0.1, 0.15) is 12.0 Å². The highest BCUT2D eigenvalue weighted by Gasteiger charge is 2.31. The van der Waals surface area contributed by atoms with Gasteiger partial charge in [-0.25, -0.2) is 0 Å². The molecule has 0 bridgehead atoms. The van der Waals surface area contributed by atoms with Gasteiger partial charge in [0.25, 0.3) is 0 Å². The number of benzene rings is 1. The van der Waals surface area contributed by atoms with E-state index in [1.54, 1.807) is 4.90 Å². The van der Waals surface area contributed by atoms with Gasteiger partial charge in [0, 0.05) is 18.7 Å². The number of nitrogens with one attached hydrogen (secondary N) is 1. The number of carbonyl (C=O) groups excluding carboxylic acids is 2. The molecule has 1 heterocycles. The molecule has 1 aromatic carbocycles. The van der Waals surface area contributed by atoms with Gasteiger partial charge < -0.3 is 10.2 Å². The van der Waals surface area contributed by atoms with E-state index in [0.29, 0.717) is 13.0 Å². The summed E-state index contributed by atoms with van der Waals surface area (Å²) in [6.45, 7) is 2.50. The van der Waals surface area contributed by atoms with E-state index in [2.05, 4.69) is 5.32 Å². The molecule has 0 unspecified atom stereocenters. The third-order valence-corrected chi connectivity index (χ3v) is 3.20. The number of aryl methyl sites for hydroxylation is 1. The van der Waals surface area contributed by atoms with Crippen molar-refractivity contribution < 1.29 is 9.59 Å². The van der Waals surface area contributed by atoms with Crippen molar-refractivity contribution in [1.82, 2.24) is 5.32 Å². The van der Waals surface area contributed by atoms with Crippen LogP contribution < -0.4 is 10.2 Å². The highest BCUT2D eigenvalue weighted by molar-refractivity contribution is 6.27. The summed E-state index contributed by atoms with van der Waals surface area (Å²) < 4.78 is 0. The van der Waals surface area contributed by atoms with Gasteiger partial charge in [-0.1, -0.05) is 17.7 Å². The van der Waals surface area contributed by atoms with Crippen molar-refractivity contribution in [2.45, 2.75) is 19.4 Å². The molecule has 0 aliphatic carbocycles. The normalized spacial score (nSPS) is 19.1. The summed E-state index contributed by atoms with van der Waals surface area (Å²) in [6, 6.07) is 7.61. The Morgan fingerprint density at radius 1 is 1.44 bits per heavy atom. The molecule has 2 rings (SSSR count). The number of amides is 2. The standard InChI is InChI=1S/C13H15ClN2O2/c1-9-2-4-11(5-3-9)16-8-10(6-13(16)18)15-12(17)7-14/h2-5,10H,6-8H2,1H3,(H,15,17)/t10-/m0/s1. The van der Waals surface area contributed by atoms with E-state index in [1.165, 1.54) is 0 Å². The van der Waals surface area contributed by atoms with Crippen LogP contribution in [0.3, 0.4) is 0 Å². The minimum atomic E-state index is -0.236. The van der Waals surface area contributed by atoms with Crippen molar-refractivity contribution in [1.29, 1.82) is 0 Å². The molecule has 1 saturated heterocycles. The van der Waals surface area contributed by atoms with Crippen LogP contribution in [0.15, 0.2) is 24.3 Å². The third kappa shape index (κ3) is 2.82. The summed E-state index contributed by atoms with van der Waals surface area (Å²) in [7, 11) is 0. The van der Waals surface area contributed by atoms with Crippen LogP contribution in [0.2, 0.25) is 0 Å². The Morgan fingerprint density at radius 2 is 2.11 bits per heavy atom. The number of nitrogens with zero attached hydrogens (tertiary/aromatic N) is 1. The number of carbonyl (C=O) groups is 2. The summed E-state index contributed by atoms with van der Waals surface area (Å²) in [5.74, 6) is -0.283. The van der Waals surface area contributed by atoms with Gasteiger partial charge in [-0.15, -0.1) is 11.6 Å². The van der Waals surface area contributed by atoms with E-state index in [-0.39, 0.29) is 23.7 Å². The molecule has 0 radical (unpaired) electrons. The van der Waals surface area contributed by atoms with Crippen LogP contribution in [-0.2, 0) is 9.59 Å². The van der Waals surface area contributed by atoms with E-state index < -0.39 is 0 Å². The second-order valence-corrected chi connectivity index (χ2v) is 4.71. The fourth-order valence-corrected chi connectivity index (χ4v) is 2.12. The molecule has 4 nitrogen and oxygen atoms in total. The Hall–Kier alpha value is -1.55. The Balaban J connectivity index is 2.05. The quantitative estimate of drug-likeness (QED) is 0.842. The van der Waals surface area contributed by atoms with Crippen LogP contribution >= 0.6 is 11.6 Å². The van der Waals surface area contributed by atoms with Gasteiger partial charge >= 0.3 is 0 Å². The van der Waals surface area contributed by atoms with Crippen molar-refractivity contribution in [2.75, 3.05) is 17.3 Å². The molecule has 18 heavy (non-hydrogen) atoms. The number of anilines is 1. The largest absolute Gasteiger partial charge is 0.350 e. The average molecular weight is 267 g/mol. The smallest absolute Gasteiger partial charge is 0.235 e. The molecule has 96 valence electrons. The molecule has 0 saturated carbocycles. The van der Waals surface area contributed by atoms with E-state index >= 15 is 0 Å². The fraction of sp³-hybridized carbons (Fsp3) is 0.385. The molecule has 1 N–H and O–H groups in total. The van der Waals surface area contributed by atoms with Crippen LogP contribution in [0.25, 0.3) is 0 Å². The first-order chi connectivity index (χ1) is 8.60. The molecule has 1 atom stereocenters. The molecule has 1 aromatic rings. The van der Waals surface area contributed by atoms with Gasteiger partial charge in [0.1, 0.15) is 5.88 Å². The lowest BCUT2D eigenvalue weighted by molar-refractivity contribution is -0.119. The van der Waals surface area contributed by atoms with Crippen LogP contribution in [0, 0.1) is 6.92 Å². The molecule has 0 spiro atoms. The van der Waals surface area contributed by atoms with E-state index in [0.717, 1.165) is 11.3 Å². The monoisotopic (exact) mass is 266 g/mol. The average Bonchev–Trinajstić information content (AvgIpc) is 2.71. The second-order valence-electron chi connectivity index (χ2n) is 4.44. The highest BCUT2D eigenvalue weighted by Crippen LogP contribution is 2.21. The predicted octanol–water partition coefficient (Wildman–Crippen LogP) is 1.46. The number of hydrogen-bond donors (Lipinski definition) is 1. The zero-order valence-corrected chi connectivity index (χ0v) is 10.9. The van der Waals surface area contributed by atoms with E-state index in [9.17, 15) is 9.59 Å². The zero-order valence-electron chi connectivity index (χ0n) is 10.1. The van der Waals surface area contributed by atoms with Crippen LogP contribution in [-0.4, -0.2) is 30.3 Å². The Morgan fingerprint density at radius 3 is 2.72 bits per heavy atom. The molecular formula is C13H15ClN2O2. The molecule has 2 amide bonds. The van der Waals surface area contributed by atoms with Crippen molar-refractivity contribution in [3.05, 3.63) is 29.8 Å². The van der Waals surface area contributed by atoms with Gasteiger partial charge in [-0.2, -0.15) is 0 Å². The first-order valence-corrected chi connectivity index (χ1v) is 6.36. The molecule has 1 aliphatic heterocycles. The maximum absolute atomic E-state index is 11.9. The minimum Gasteiger partial charge on any atom is -0.350 e. The summed E-state index contributed by atoms with van der Waals surface area (Å²) in [5, 5.41) is 2.74. The highest BCUT2D eigenvalue weighted by atomic mass is 35.5. The third-order valence-electron chi connectivity index (χ3n) is 2.96.